The number of hydrogen-bond donors (Lipinski definition) is 1. The summed E-state index contributed by atoms with van der Waals surface area (Å²) in [5.41, 5.74) is 2.99. The number of carbonyl (C=O) groups excluding carboxylic acids is 4. The van der Waals surface area contributed by atoms with E-state index in [0.29, 0.717) is 49.7 Å². The summed E-state index contributed by atoms with van der Waals surface area (Å²) in [6, 6.07) is 9.45. The van der Waals surface area contributed by atoms with Crippen LogP contribution in [0, 0.1) is 45.2 Å². The minimum atomic E-state index is -1.70. The van der Waals surface area contributed by atoms with Crippen molar-refractivity contribution in [3.8, 4) is 0 Å². The Morgan fingerprint density at radius 2 is 1.71 bits per heavy atom. The van der Waals surface area contributed by atoms with Crippen molar-refractivity contribution < 1.29 is 42.2 Å². The number of Topliss-reactive ketones (excluding diaryl/α,β-unsaturated/α-hetero) is 1. The van der Waals surface area contributed by atoms with Gasteiger partial charge >= 0.3 is 17.9 Å². The number of nitrogens with two attached hydrogens (primary N) is 1. The Bertz CT molecular complexity index is 2820. The summed E-state index contributed by atoms with van der Waals surface area (Å²) in [7, 11) is 2.20. The molecule has 0 amide bonds. The number of nitrogens with zero attached hydrogens (tertiary/aromatic N) is 3. The van der Waals surface area contributed by atoms with Gasteiger partial charge in [-0.3, -0.25) is 14.4 Å². The summed E-state index contributed by atoms with van der Waals surface area (Å²) in [4.78, 5) is 77.2. The van der Waals surface area contributed by atoms with Gasteiger partial charge in [0.1, 0.15) is 35.5 Å². The highest BCUT2D eigenvalue weighted by molar-refractivity contribution is 8.00. The number of ether oxygens (including phenoxy) is 3. The minimum absolute atomic E-state index is 0.0358. The Balaban J connectivity index is 0.911. The van der Waals surface area contributed by atoms with Crippen molar-refractivity contribution in [3.63, 3.8) is 0 Å². The second-order valence-corrected chi connectivity index (χ2v) is 25.7. The molecule has 16 heteroatoms. The number of pyridine rings is 1. The lowest BCUT2D eigenvalue weighted by Gasteiger charge is -2.62. The molecule has 3 aromatic rings. The van der Waals surface area contributed by atoms with Crippen molar-refractivity contribution in [2.24, 2.45) is 45.1 Å². The van der Waals surface area contributed by atoms with Crippen LogP contribution in [0.25, 0.3) is 10.9 Å². The van der Waals surface area contributed by atoms with Gasteiger partial charge in [0, 0.05) is 89.1 Å². The fourth-order valence-corrected chi connectivity index (χ4v) is 16.8. The first-order valence-corrected chi connectivity index (χ1v) is 28.0. The molecule has 3 saturated heterocycles. The lowest BCUT2D eigenvalue weighted by atomic mass is 9.44. The van der Waals surface area contributed by atoms with Gasteiger partial charge in [-0.2, -0.15) is 0 Å². The number of ketones is 1. The molecule has 1 aromatic heterocycles. The number of thioether (sulfide) groups is 1. The Labute approximate surface area is 435 Å². The highest BCUT2D eigenvalue weighted by atomic mass is 35.5. The van der Waals surface area contributed by atoms with E-state index >= 15 is 13.6 Å². The zero-order valence-corrected chi connectivity index (χ0v) is 44.2. The zero-order valence-electron chi connectivity index (χ0n) is 42.6. The largest absolute Gasteiger partial charge is 0.461 e. The van der Waals surface area contributed by atoms with Crippen LogP contribution in [-0.2, 0) is 28.6 Å². The standard InChI is InChI=1S/C57H69ClF2N4O8S/c1-7-54(4)25-43(70-44(66)28-73-35-21-33-13-14-34(22-35)62(33)6)55(5)30(2)15-17-57(18-16-41(65)50(55)57)31(3)51(54)72-53(69)49(32-11-9-8-10-12-32)71-52(68)37-26-64(40-24-38(40)59)46-36(48(37)67)23-39(60)47(45(46)58)63-27-42(61)56(29-63)19-20-56/h7-12,23,26,30-31,33-35,38,40,42-43,49-51H,1,13-22,24-25,27-29,61H2,2-6H3/t30?,31-,33?,34?,35?,38+,40?,42-,43+,49?,50?,51-,54+,55-,57?/m1/s1. The molecule has 4 bridgehead atoms. The number of rotatable bonds is 12. The summed E-state index contributed by atoms with van der Waals surface area (Å²) < 4.78 is 52.4. The lowest BCUT2D eigenvalue weighted by Crippen LogP contribution is -2.63. The highest BCUT2D eigenvalue weighted by Crippen LogP contribution is 2.68. The number of aromatic nitrogens is 1. The van der Waals surface area contributed by atoms with E-state index in [-0.39, 0.29) is 74.9 Å². The summed E-state index contributed by atoms with van der Waals surface area (Å²) in [5, 5.41) is 0.0487. The summed E-state index contributed by atoms with van der Waals surface area (Å²) in [6.45, 7) is 13.4. The molecular weight excluding hydrogens is 974 g/mol. The van der Waals surface area contributed by atoms with Crippen molar-refractivity contribution in [2.45, 2.75) is 159 Å². The predicted octanol–water partition coefficient (Wildman–Crippen LogP) is 9.72. The molecule has 73 heavy (non-hydrogen) atoms. The second-order valence-electron chi connectivity index (χ2n) is 24.0. The Morgan fingerprint density at radius 1 is 1.01 bits per heavy atom. The number of alkyl halides is 1. The summed E-state index contributed by atoms with van der Waals surface area (Å²) in [5.74, 6) is -3.76. The molecule has 11 rings (SSSR count). The van der Waals surface area contributed by atoms with E-state index < -0.39 is 87.4 Å². The van der Waals surface area contributed by atoms with Gasteiger partial charge in [0.2, 0.25) is 11.5 Å². The highest BCUT2D eigenvalue weighted by Gasteiger charge is 2.69. The van der Waals surface area contributed by atoms with E-state index in [1.54, 1.807) is 53.1 Å². The molecule has 4 heterocycles. The Morgan fingerprint density at radius 3 is 2.36 bits per heavy atom. The Hall–Kier alpha value is -4.31. The van der Waals surface area contributed by atoms with Crippen molar-refractivity contribution in [3.05, 3.63) is 87.4 Å². The average molecular weight is 1040 g/mol. The minimum Gasteiger partial charge on any atom is -0.461 e. The van der Waals surface area contributed by atoms with Gasteiger partial charge in [0.25, 0.3) is 0 Å². The van der Waals surface area contributed by atoms with Crippen molar-refractivity contribution in [2.75, 3.05) is 30.8 Å². The smallest absolute Gasteiger partial charge is 0.352 e. The molecule has 8 fully saturated rings. The van der Waals surface area contributed by atoms with Crippen molar-refractivity contribution >= 4 is 63.6 Å². The SMILES string of the molecule is C=C[C@@]1(C)C[C@H](OC(=O)CSC2CC3CCC(C2)N3C)[C@@]2(C)C(C)CCC3(CCC(=O)C32)[C@H](C)[C@H]1OC(=O)C(OC(=O)c1cn(C2C[C@@H]2F)c2c(Cl)c(N3C[C@@H](N)C4(CC4)C3)c(F)cc2c1=O)c1ccccc1. The topological polar surface area (TPSA) is 150 Å². The van der Waals surface area contributed by atoms with E-state index in [0.717, 1.165) is 38.2 Å². The van der Waals surface area contributed by atoms with Crippen LogP contribution in [0.1, 0.15) is 133 Å². The van der Waals surface area contributed by atoms with E-state index in [4.69, 9.17) is 31.5 Å². The summed E-state index contributed by atoms with van der Waals surface area (Å²) in [6.07, 6.45) is 7.24. The van der Waals surface area contributed by atoms with Crippen LogP contribution in [0.4, 0.5) is 14.5 Å². The van der Waals surface area contributed by atoms with Crippen LogP contribution in [0.5, 0.6) is 0 Å². The molecule has 1 spiro atoms. The quantitative estimate of drug-likeness (QED) is 0.105. The van der Waals surface area contributed by atoms with Gasteiger partial charge in [-0.15, -0.1) is 18.3 Å². The van der Waals surface area contributed by atoms with Gasteiger partial charge in [-0.25, -0.2) is 18.4 Å². The molecular formula is C57H69ClF2N4O8S. The number of carbonyl (C=O) groups is 4. The van der Waals surface area contributed by atoms with Crippen LogP contribution in [0.2, 0.25) is 5.02 Å². The molecule has 2 aromatic carbocycles. The zero-order chi connectivity index (χ0) is 51.7. The second kappa shape index (κ2) is 18.5. The fourth-order valence-electron chi connectivity index (χ4n) is 15.3. The molecule has 5 aliphatic carbocycles. The van der Waals surface area contributed by atoms with Gasteiger partial charge < -0.3 is 34.3 Å². The molecule has 2 N–H and O–H groups in total. The maximum Gasteiger partial charge on any atom is 0.352 e. The molecule has 3 aliphatic heterocycles. The van der Waals surface area contributed by atoms with Gasteiger partial charge in [0.05, 0.1) is 33.4 Å². The van der Waals surface area contributed by atoms with Gasteiger partial charge in [0.15, 0.2) is 0 Å². The number of esters is 3. The maximum atomic E-state index is 16.3. The van der Waals surface area contributed by atoms with Gasteiger partial charge in [-0.1, -0.05) is 75.7 Å². The normalized spacial score (nSPS) is 37.6. The number of hydrogen-bond acceptors (Lipinski definition) is 12. The number of anilines is 1. The molecule has 8 aliphatic rings. The van der Waals surface area contributed by atoms with E-state index in [1.807, 2.05) is 13.8 Å². The van der Waals surface area contributed by atoms with Crippen molar-refractivity contribution in [1.82, 2.24) is 9.47 Å². The average Bonchev–Trinajstić information content (AvgIpc) is 4.23. The molecule has 12 nitrogen and oxygen atoms in total. The Kier molecular flexibility index (Phi) is 12.9. The van der Waals surface area contributed by atoms with Crippen LogP contribution in [0.15, 0.2) is 60.0 Å². The third kappa shape index (κ3) is 8.29. The van der Waals surface area contributed by atoms with E-state index in [2.05, 4.69) is 32.4 Å². The molecule has 5 saturated carbocycles. The van der Waals surface area contributed by atoms with Crippen molar-refractivity contribution in [1.29, 1.82) is 0 Å². The van der Waals surface area contributed by atoms with E-state index in [1.165, 1.54) is 23.6 Å². The molecule has 0 radical (unpaired) electrons. The molecule has 7 unspecified atom stereocenters. The first kappa shape index (κ1) is 50.8. The number of halogens is 3. The predicted molar refractivity (Wildman–Crippen MR) is 277 cm³/mol. The van der Waals surface area contributed by atoms with Crippen LogP contribution >= 0.6 is 23.4 Å². The number of benzene rings is 2. The number of piperidine rings is 1. The van der Waals surface area contributed by atoms with Gasteiger partial charge in [-0.05, 0) is 88.7 Å². The van der Waals surface area contributed by atoms with Crippen LogP contribution < -0.4 is 16.1 Å². The lowest BCUT2D eigenvalue weighted by molar-refractivity contribution is -0.215. The monoisotopic (exact) mass is 1040 g/mol. The van der Waals surface area contributed by atoms with Crippen LogP contribution in [0.3, 0.4) is 0 Å². The first-order chi connectivity index (χ1) is 34.7. The summed E-state index contributed by atoms with van der Waals surface area (Å²) >= 11 is 8.69. The first-order valence-electron chi connectivity index (χ1n) is 26.6. The van der Waals surface area contributed by atoms with E-state index in [9.17, 15) is 19.2 Å². The molecule has 392 valence electrons. The third-order valence-corrected chi connectivity index (χ3v) is 21.8. The third-order valence-electron chi connectivity index (χ3n) is 20.2. The molecule has 14 atom stereocenters. The number of fused-ring (bicyclic) bond motifs is 3. The van der Waals surface area contributed by atoms with Crippen LogP contribution in [-0.4, -0.2) is 101 Å². The maximum absolute atomic E-state index is 16.3. The fraction of sp³-hybridized carbons (Fsp3) is 0.632.